The topological polar surface area (TPSA) is 58.3 Å². The molecule has 1 aliphatic carbocycles. The van der Waals surface area contributed by atoms with E-state index in [1.165, 1.54) is 6.07 Å². The van der Waals surface area contributed by atoms with E-state index in [0.717, 1.165) is 0 Å². The SMILES string of the molecule is CC1(C)C(O)CC1Nc1cccc(F)c1N. The number of nitrogens with one attached hydrogen (secondary N) is 1. The van der Waals surface area contributed by atoms with Crippen LogP contribution in [0.2, 0.25) is 0 Å². The number of rotatable bonds is 2. The number of para-hydroxylation sites is 1. The lowest BCUT2D eigenvalue weighted by atomic mass is 9.64. The van der Waals surface area contributed by atoms with E-state index in [-0.39, 0.29) is 23.2 Å². The van der Waals surface area contributed by atoms with Crippen LogP contribution in [0, 0.1) is 11.2 Å². The van der Waals surface area contributed by atoms with Gasteiger partial charge in [-0.2, -0.15) is 0 Å². The molecule has 0 aliphatic heterocycles. The molecule has 0 heterocycles. The molecule has 1 saturated carbocycles. The molecule has 3 nitrogen and oxygen atoms in total. The largest absolute Gasteiger partial charge is 0.395 e. The van der Waals surface area contributed by atoms with Crippen LogP contribution in [0.3, 0.4) is 0 Å². The lowest BCUT2D eigenvalue weighted by molar-refractivity contribution is -0.0510. The molecule has 1 aliphatic rings. The number of anilines is 2. The van der Waals surface area contributed by atoms with Crippen molar-refractivity contribution < 1.29 is 9.50 Å². The molecule has 4 N–H and O–H groups in total. The normalized spacial score (nSPS) is 27.2. The number of aliphatic hydroxyl groups is 1. The van der Waals surface area contributed by atoms with Gasteiger partial charge in [0, 0.05) is 11.5 Å². The monoisotopic (exact) mass is 224 g/mol. The van der Waals surface area contributed by atoms with Gasteiger partial charge in [-0.15, -0.1) is 0 Å². The standard InChI is InChI=1S/C12H17FN2O/c1-12(2)9(6-10(12)16)15-8-5-3-4-7(13)11(8)14/h3-5,9-10,15-16H,6,14H2,1-2H3. The van der Waals surface area contributed by atoms with Crippen LogP contribution < -0.4 is 11.1 Å². The molecule has 16 heavy (non-hydrogen) atoms. The number of benzene rings is 1. The molecule has 2 atom stereocenters. The lowest BCUT2D eigenvalue weighted by Gasteiger charge is -2.50. The van der Waals surface area contributed by atoms with E-state index in [1.54, 1.807) is 12.1 Å². The zero-order valence-electron chi connectivity index (χ0n) is 9.50. The molecule has 0 amide bonds. The van der Waals surface area contributed by atoms with Gasteiger partial charge >= 0.3 is 0 Å². The number of aliphatic hydroxyl groups excluding tert-OH is 1. The Morgan fingerprint density at radius 2 is 2.19 bits per heavy atom. The maximum atomic E-state index is 13.2. The summed E-state index contributed by atoms with van der Waals surface area (Å²) in [5.41, 5.74) is 6.18. The predicted molar refractivity (Wildman–Crippen MR) is 62.6 cm³/mol. The molecule has 2 rings (SSSR count). The van der Waals surface area contributed by atoms with Crippen molar-refractivity contribution in [2.24, 2.45) is 5.41 Å². The summed E-state index contributed by atoms with van der Waals surface area (Å²) in [6.45, 7) is 3.96. The van der Waals surface area contributed by atoms with Gasteiger partial charge in [-0.05, 0) is 18.6 Å². The second-order valence-corrected chi connectivity index (χ2v) is 4.97. The highest BCUT2D eigenvalue weighted by Crippen LogP contribution is 2.42. The van der Waals surface area contributed by atoms with Gasteiger partial charge in [0.2, 0.25) is 0 Å². The summed E-state index contributed by atoms with van der Waals surface area (Å²) in [5, 5.41) is 12.8. The van der Waals surface area contributed by atoms with Crippen molar-refractivity contribution in [2.75, 3.05) is 11.1 Å². The van der Waals surface area contributed by atoms with Gasteiger partial charge in [-0.1, -0.05) is 19.9 Å². The van der Waals surface area contributed by atoms with Crippen LogP contribution in [0.1, 0.15) is 20.3 Å². The van der Waals surface area contributed by atoms with Crippen molar-refractivity contribution in [1.29, 1.82) is 0 Å². The van der Waals surface area contributed by atoms with Crippen molar-refractivity contribution in [2.45, 2.75) is 32.4 Å². The van der Waals surface area contributed by atoms with Gasteiger partial charge in [-0.3, -0.25) is 0 Å². The molecule has 4 heteroatoms. The molecule has 0 aromatic heterocycles. The third kappa shape index (κ3) is 1.63. The number of halogens is 1. The van der Waals surface area contributed by atoms with E-state index >= 15 is 0 Å². The Balaban J connectivity index is 2.14. The average Bonchev–Trinajstić information content (AvgIpc) is 2.24. The molecule has 0 radical (unpaired) electrons. The molecule has 0 bridgehead atoms. The molecule has 1 aromatic carbocycles. The Morgan fingerprint density at radius 3 is 2.75 bits per heavy atom. The van der Waals surface area contributed by atoms with Crippen LogP contribution in [0.5, 0.6) is 0 Å². The van der Waals surface area contributed by atoms with E-state index < -0.39 is 5.82 Å². The van der Waals surface area contributed by atoms with E-state index in [9.17, 15) is 9.50 Å². The van der Waals surface area contributed by atoms with Gasteiger partial charge in [0.25, 0.3) is 0 Å². The first kappa shape index (κ1) is 11.2. The van der Waals surface area contributed by atoms with E-state index in [4.69, 9.17) is 5.73 Å². The van der Waals surface area contributed by atoms with Crippen LogP contribution in [-0.4, -0.2) is 17.3 Å². The molecule has 1 aromatic rings. The fourth-order valence-corrected chi connectivity index (χ4v) is 2.00. The highest BCUT2D eigenvalue weighted by Gasteiger charge is 2.47. The Morgan fingerprint density at radius 1 is 1.50 bits per heavy atom. The fourth-order valence-electron chi connectivity index (χ4n) is 2.00. The Labute approximate surface area is 94.5 Å². The molecular formula is C12H17FN2O. The summed E-state index contributed by atoms with van der Waals surface area (Å²) in [6, 6.07) is 4.84. The second kappa shape index (κ2) is 3.63. The lowest BCUT2D eigenvalue weighted by Crippen LogP contribution is -2.56. The zero-order valence-corrected chi connectivity index (χ0v) is 9.50. The average molecular weight is 224 g/mol. The van der Waals surface area contributed by atoms with Crippen molar-refractivity contribution in [1.82, 2.24) is 0 Å². The first-order valence-corrected chi connectivity index (χ1v) is 5.41. The van der Waals surface area contributed by atoms with Gasteiger partial charge in [-0.25, -0.2) is 4.39 Å². The molecule has 88 valence electrons. The number of hydrogen-bond donors (Lipinski definition) is 3. The minimum absolute atomic E-state index is 0.131. The van der Waals surface area contributed by atoms with Crippen molar-refractivity contribution in [3.63, 3.8) is 0 Å². The number of nitrogen functional groups attached to an aromatic ring is 1. The van der Waals surface area contributed by atoms with Crippen molar-refractivity contribution in [3.8, 4) is 0 Å². The van der Waals surface area contributed by atoms with E-state index in [0.29, 0.717) is 12.1 Å². The van der Waals surface area contributed by atoms with Crippen LogP contribution in [0.15, 0.2) is 18.2 Å². The van der Waals surface area contributed by atoms with Crippen molar-refractivity contribution >= 4 is 11.4 Å². The van der Waals surface area contributed by atoms with Crippen molar-refractivity contribution in [3.05, 3.63) is 24.0 Å². The third-order valence-corrected chi connectivity index (χ3v) is 3.60. The first-order chi connectivity index (χ1) is 7.43. The summed E-state index contributed by atoms with van der Waals surface area (Å²) in [4.78, 5) is 0. The summed E-state index contributed by atoms with van der Waals surface area (Å²) >= 11 is 0. The maximum Gasteiger partial charge on any atom is 0.148 e. The Kier molecular flexibility index (Phi) is 2.54. The number of nitrogens with two attached hydrogens (primary N) is 1. The zero-order chi connectivity index (χ0) is 11.9. The summed E-state index contributed by atoms with van der Waals surface area (Å²) < 4.78 is 13.2. The van der Waals surface area contributed by atoms with Crippen LogP contribution in [-0.2, 0) is 0 Å². The molecule has 1 fully saturated rings. The summed E-state index contributed by atoms with van der Waals surface area (Å²) in [5.74, 6) is -0.414. The third-order valence-electron chi connectivity index (χ3n) is 3.60. The Bertz CT molecular complexity index is 406. The Hall–Kier alpha value is -1.29. The quantitative estimate of drug-likeness (QED) is 0.673. The highest BCUT2D eigenvalue weighted by atomic mass is 19.1. The van der Waals surface area contributed by atoms with E-state index in [2.05, 4.69) is 5.32 Å². The molecule has 2 unspecified atom stereocenters. The number of hydrogen-bond acceptors (Lipinski definition) is 3. The molecule has 0 spiro atoms. The van der Waals surface area contributed by atoms with Gasteiger partial charge in [0.1, 0.15) is 5.82 Å². The summed E-state index contributed by atoms with van der Waals surface area (Å²) in [7, 11) is 0. The maximum absolute atomic E-state index is 13.2. The predicted octanol–water partition coefficient (Wildman–Crippen LogP) is 1.98. The minimum atomic E-state index is -0.414. The van der Waals surface area contributed by atoms with Gasteiger partial charge in [0.15, 0.2) is 0 Å². The molecular weight excluding hydrogens is 207 g/mol. The first-order valence-electron chi connectivity index (χ1n) is 5.41. The van der Waals surface area contributed by atoms with Crippen LogP contribution in [0.25, 0.3) is 0 Å². The smallest absolute Gasteiger partial charge is 0.148 e. The van der Waals surface area contributed by atoms with Crippen LogP contribution in [0.4, 0.5) is 15.8 Å². The molecule has 0 saturated heterocycles. The van der Waals surface area contributed by atoms with Crippen LogP contribution >= 0.6 is 0 Å². The highest BCUT2D eigenvalue weighted by molar-refractivity contribution is 5.67. The second-order valence-electron chi connectivity index (χ2n) is 4.97. The van der Waals surface area contributed by atoms with Gasteiger partial charge in [0.05, 0.1) is 17.5 Å². The van der Waals surface area contributed by atoms with E-state index in [1.807, 2.05) is 13.8 Å². The summed E-state index contributed by atoms with van der Waals surface area (Å²) in [6.07, 6.45) is 0.364. The fraction of sp³-hybridized carbons (Fsp3) is 0.500. The minimum Gasteiger partial charge on any atom is -0.395 e. The van der Waals surface area contributed by atoms with Gasteiger partial charge < -0.3 is 16.2 Å².